The first-order valence-electron chi connectivity index (χ1n) is 8.46. The lowest BCUT2D eigenvalue weighted by atomic mass is 9.90. The van der Waals surface area contributed by atoms with Gasteiger partial charge in [0.05, 0.1) is 24.1 Å². The maximum atomic E-state index is 4.58. The van der Waals surface area contributed by atoms with Crippen molar-refractivity contribution in [1.82, 2.24) is 24.1 Å². The number of hydrogen-bond donors (Lipinski definition) is 1. The summed E-state index contributed by atoms with van der Waals surface area (Å²) in [4.78, 5) is 13.6. The first-order chi connectivity index (χ1) is 12.8. The van der Waals surface area contributed by atoms with Crippen LogP contribution >= 0.6 is 0 Å². The van der Waals surface area contributed by atoms with Gasteiger partial charge in [-0.3, -0.25) is 14.1 Å². The molecule has 7 nitrogen and oxygen atoms in total. The molecule has 0 radical (unpaired) electrons. The molecule has 0 spiro atoms. The van der Waals surface area contributed by atoms with Gasteiger partial charge in [0.1, 0.15) is 0 Å². The highest BCUT2D eigenvalue weighted by Gasteiger charge is 2.24. The summed E-state index contributed by atoms with van der Waals surface area (Å²) in [6.45, 7) is 0. The molecule has 2 atom stereocenters. The van der Waals surface area contributed by atoms with Crippen molar-refractivity contribution in [2.45, 2.75) is 6.04 Å². The molecule has 5 rings (SSSR count). The van der Waals surface area contributed by atoms with Crippen LogP contribution in [-0.4, -0.2) is 36.4 Å². The van der Waals surface area contributed by atoms with E-state index >= 15 is 0 Å². The molecule has 1 N–H and O–H groups in total. The van der Waals surface area contributed by atoms with E-state index in [-0.39, 0.29) is 12.0 Å². The lowest BCUT2D eigenvalue weighted by Crippen LogP contribution is -2.25. The summed E-state index contributed by atoms with van der Waals surface area (Å²) in [6.07, 6.45) is 21.6. The topological polar surface area (TPSA) is 72.4 Å². The minimum absolute atomic E-state index is 0.137. The van der Waals surface area contributed by atoms with Crippen molar-refractivity contribution in [3.05, 3.63) is 67.1 Å². The number of nitrogens with one attached hydrogen (secondary N) is 1. The van der Waals surface area contributed by atoms with Crippen molar-refractivity contribution in [1.29, 1.82) is 0 Å². The number of aliphatic imine (C=N–C) groups is 1. The summed E-state index contributed by atoms with van der Waals surface area (Å²) in [6, 6.07) is 0.137. The average molecular weight is 343 g/mol. The van der Waals surface area contributed by atoms with Gasteiger partial charge < -0.3 is 5.32 Å². The van der Waals surface area contributed by atoms with Crippen molar-refractivity contribution < 1.29 is 0 Å². The second kappa shape index (κ2) is 5.80. The number of aryl methyl sites for hydroxylation is 1. The molecule has 4 heterocycles. The van der Waals surface area contributed by atoms with Crippen molar-refractivity contribution in [2.24, 2.45) is 18.0 Å². The lowest BCUT2D eigenvalue weighted by Gasteiger charge is -2.26. The molecule has 0 aromatic carbocycles. The maximum absolute atomic E-state index is 4.58. The van der Waals surface area contributed by atoms with E-state index in [2.05, 4.69) is 43.6 Å². The Morgan fingerprint density at radius 2 is 2.08 bits per heavy atom. The highest BCUT2D eigenvalue weighted by Crippen LogP contribution is 2.29. The van der Waals surface area contributed by atoms with E-state index < -0.39 is 0 Å². The predicted molar refractivity (Wildman–Crippen MR) is 101 cm³/mol. The fourth-order valence-corrected chi connectivity index (χ4v) is 3.40. The molecule has 0 fully saturated rings. The third kappa shape index (κ3) is 2.36. The van der Waals surface area contributed by atoms with Gasteiger partial charge in [0.25, 0.3) is 0 Å². The second-order valence-corrected chi connectivity index (χ2v) is 6.35. The van der Waals surface area contributed by atoms with Gasteiger partial charge in [-0.05, 0) is 12.2 Å². The highest BCUT2D eigenvalue weighted by molar-refractivity contribution is 5.74. The number of aromatic nitrogens is 5. The quantitative estimate of drug-likeness (QED) is 0.793. The molecule has 7 heteroatoms. The smallest absolute Gasteiger partial charge is 0.180 e. The molecule has 0 saturated carbocycles. The van der Waals surface area contributed by atoms with E-state index in [0.29, 0.717) is 0 Å². The van der Waals surface area contributed by atoms with Gasteiger partial charge in [0, 0.05) is 49.0 Å². The third-order valence-corrected chi connectivity index (χ3v) is 4.67. The van der Waals surface area contributed by atoms with Crippen molar-refractivity contribution >= 4 is 17.7 Å². The first kappa shape index (κ1) is 14.8. The van der Waals surface area contributed by atoms with Gasteiger partial charge in [-0.25, -0.2) is 9.97 Å². The van der Waals surface area contributed by atoms with Gasteiger partial charge in [-0.1, -0.05) is 18.2 Å². The molecule has 0 bridgehead atoms. The van der Waals surface area contributed by atoms with Crippen LogP contribution in [0.1, 0.15) is 0 Å². The summed E-state index contributed by atoms with van der Waals surface area (Å²) in [5, 5.41) is 7.71. The Morgan fingerprint density at radius 3 is 2.96 bits per heavy atom. The number of fused-ring (bicyclic) bond motifs is 2. The van der Waals surface area contributed by atoms with Gasteiger partial charge in [0.2, 0.25) is 0 Å². The van der Waals surface area contributed by atoms with E-state index in [0.717, 1.165) is 28.4 Å². The minimum atomic E-state index is 0.137. The van der Waals surface area contributed by atoms with Crippen molar-refractivity contribution in [2.75, 3.05) is 5.32 Å². The fraction of sp³-hybridized carbons (Fsp3) is 0.158. The molecule has 0 amide bonds. The number of dihydropyridines is 1. The number of nitrogens with zero attached hydrogens (tertiary/aromatic N) is 6. The highest BCUT2D eigenvalue weighted by atomic mass is 15.2. The van der Waals surface area contributed by atoms with Crippen LogP contribution in [-0.2, 0) is 7.05 Å². The number of anilines is 1. The number of allylic oxidation sites excluding steroid dienone is 3. The molecule has 1 aliphatic carbocycles. The summed E-state index contributed by atoms with van der Waals surface area (Å²) >= 11 is 0. The number of imidazole rings is 1. The largest absolute Gasteiger partial charge is 0.340 e. The molecule has 2 aliphatic rings. The van der Waals surface area contributed by atoms with Crippen LogP contribution in [0.3, 0.4) is 0 Å². The van der Waals surface area contributed by atoms with Crippen molar-refractivity contribution in [3.8, 4) is 11.3 Å². The minimum Gasteiger partial charge on any atom is -0.340 e. The monoisotopic (exact) mass is 343 g/mol. The van der Waals surface area contributed by atoms with Crippen LogP contribution in [0.25, 0.3) is 16.9 Å². The molecule has 3 aromatic heterocycles. The van der Waals surface area contributed by atoms with Crippen molar-refractivity contribution in [3.63, 3.8) is 0 Å². The zero-order valence-electron chi connectivity index (χ0n) is 14.2. The normalized spacial score (nSPS) is 21.0. The molecule has 128 valence electrons. The van der Waals surface area contributed by atoms with Crippen LogP contribution in [0.4, 0.5) is 5.82 Å². The predicted octanol–water partition coefficient (Wildman–Crippen LogP) is 2.62. The molecular weight excluding hydrogens is 326 g/mol. The Morgan fingerprint density at radius 1 is 1.12 bits per heavy atom. The van der Waals surface area contributed by atoms with E-state index in [4.69, 9.17) is 0 Å². The fourth-order valence-electron chi connectivity index (χ4n) is 3.40. The van der Waals surface area contributed by atoms with E-state index in [1.165, 1.54) is 0 Å². The van der Waals surface area contributed by atoms with Crippen LogP contribution in [0.2, 0.25) is 0 Å². The molecule has 1 aliphatic heterocycles. The molecule has 0 saturated heterocycles. The zero-order chi connectivity index (χ0) is 17.5. The standard InChI is InChI=1S/C19H17N7/c1-25-12-13(10-23-25)17-11-22-19-18(21-8-9-26(17)19)24-16-6-2-5-15-14(16)4-3-7-20-15/h2-12,14-15H,1H3,(H,21,24). The number of hydrogen-bond acceptors (Lipinski definition) is 5. The van der Waals surface area contributed by atoms with E-state index in [9.17, 15) is 0 Å². The van der Waals surface area contributed by atoms with Gasteiger partial charge in [-0.2, -0.15) is 5.10 Å². The Balaban J connectivity index is 1.53. The summed E-state index contributed by atoms with van der Waals surface area (Å²) < 4.78 is 3.81. The van der Waals surface area contributed by atoms with Gasteiger partial charge >= 0.3 is 0 Å². The van der Waals surface area contributed by atoms with Gasteiger partial charge in [-0.15, -0.1) is 0 Å². The van der Waals surface area contributed by atoms with E-state index in [1.54, 1.807) is 10.9 Å². The Kier molecular flexibility index (Phi) is 3.31. The SMILES string of the molecule is Cn1cc(-c2cnc3c(NC4=CC=CC5N=CC=CC45)nccn23)cn1. The first-order valence-corrected chi connectivity index (χ1v) is 8.46. The second-order valence-electron chi connectivity index (χ2n) is 6.35. The van der Waals surface area contributed by atoms with Crippen LogP contribution < -0.4 is 5.32 Å². The van der Waals surface area contributed by atoms with Crippen LogP contribution in [0.5, 0.6) is 0 Å². The van der Waals surface area contributed by atoms with E-state index in [1.807, 2.05) is 54.6 Å². The zero-order valence-corrected chi connectivity index (χ0v) is 14.2. The van der Waals surface area contributed by atoms with Crippen LogP contribution in [0, 0.1) is 5.92 Å². The average Bonchev–Trinajstić information content (AvgIpc) is 3.28. The molecular formula is C19H17N7. The third-order valence-electron chi connectivity index (χ3n) is 4.67. The summed E-state index contributed by atoms with van der Waals surface area (Å²) in [5.41, 5.74) is 3.84. The molecule has 2 unspecified atom stereocenters. The van der Waals surface area contributed by atoms with Crippen LogP contribution in [0.15, 0.2) is 72.1 Å². The Bertz CT molecular complexity index is 1100. The Hall–Kier alpha value is -3.48. The van der Waals surface area contributed by atoms with Gasteiger partial charge in [0.15, 0.2) is 11.5 Å². The number of rotatable bonds is 3. The summed E-state index contributed by atoms with van der Waals surface area (Å²) in [7, 11) is 1.90. The Labute approximate surface area is 150 Å². The lowest BCUT2D eigenvalue weighted by molar-refractivity contribution is 0.650. The summed E-state index contributed by atoms with van der Waals surface area (Å²) in [5.74, 6) is 0.922. The molecule has 3 aromatic rings. The maximum Gasteiger partial charge on any atom is 0.180 e. The molecule has 26 heavy (non-hydrogen) atoms.